The van der Waals surface area contributed by atoms with Crippen molar-refractivity contribution in [3.63, 3.8) is 0 Å². The van der Waals surface area contributed by atoms with E-state index in [0.717, 1.165) is 10.2 Å². The highest BCUT2D eigenvalue weighted by molar-refractivity contribution is 9.10. The SMILES string of the molecule is C=CCOc1cccc(C)c1.Cc1ccc(Br)cc1.Cc1ccc2ccccc2c1. The number of benzene rings is 4. The fourth-order valence-electron chi connectivity index (χ4n) is 2.70. The van der Waals surface area contributed by atoms with E-state index in [1.54, 1.807) is 6.08 Å². The molecular weight excluding hydrogens is 432 g/mol. The first-order chi connectivity index (χ1) is 14.5. The van der Waals surface area contributed by atoms with Crippen molar-refractivity contribution in [2.75, 3.05) is 6.61 Å². The first-order valence-corrected chi connectivity index (χ1v) is 10.7. The molecule has 0 aliphatic carbocycles. The van der Waals surface area contributed by atoms with Crippen LogP contribution >= 0.6 is 15.9 Å². The molecular formula is C28H29BrO. The van der Waals surface area contributed by atoms with Gasteiger partial charge in [-0.3, -0.25) is 0 Å². The summed E-state index contributed by atoms with van der Waals surface area (Å²) in [6.45, 7) is 10.4. The molecule has 0 amide bonds. The minimum Gasteiger partial charge on any atom is -0.490 e. The molecule has 4 aromatic carbocycles. The molecule has 0 unspecified atom stereocenters. The van der Waals surface area contributed by atoms with Crippen molar-refractivity contribution < 1.29 is 4.74 Å². The number of ether oxygens (including phenoxy) is 1. The summed E-state index contributed by atoms with van der Waals surface area (Å²) in [4.78, 5) is 0. The van der Waals surface area contributed by atoms with Crippen molar-refractivity contribution in [1.82, 2.24) is 0 Å². The molecule has 0 fully saturated rings. The number of fused-ring (bicyclic) bond motifs is 1. The predicted octanol–water partition coefficient (Wildman–Crippen LogP) is 8.47. The molecule has 30 heavy (non-hydrogen) atoms. The number of aryl methyl sites for hydroxylation is 3. The Bertz CT molecular complexity index is 1030. The van der Waals surface area contributed by atoms with E-state index in [1.807, 2.05) is 43.3 Å². The standard InChI is InChI=1S/C11H10.C10H12O.C7H7Br/c1-9-6-7-10-4-2-3-5-11(10)8-9;1-3-7-11-10-6-4-5-9(2)8-10;1-6-2-4-7(8)5-3-6/h2-8H,1H3;3-6,8H,1,7H2,2H3;2-5H,1H3. The van der Waals surface area contributed by atoms with Gasteiger partial charge in [-0.05, 0) is 61.4 Å². The third-order valence-electron chi connectivity index (χ3n) is 4.27. The minimum absolute atomic E-state index is 0.573. The highest BCUT2D eigenvalue weighted by atomic mass is 79.9. The van der Waals surface area contributed by atoms with E-state index in [2.05, 4.69) is 91.0 Å². The molecule has 0 heterocycles. The van der Waals surface area contributed by atoms with E-state index in [1.165, 1.54) is 27.5 Å². The van der Waals surface area contributed by atoms with Crippen molar-refractivity contribution >= 4 is 26.7 Å². The molecule has 0 aliphatic rings. The predicted molar refractivity (Wildman–Crippen MR) is 134 cm³/mol. The zero-order chi connectivity index (χ0) is 21.8. The zero-order valence-corrected chi connectivity index (χ0v) is 19.5. The van der Waals surface area contributed by atoms with Crippen molar-refractivity contribution in [3.8, 4) is 5.75 Å². The van der Waals surface area contributed by atoms with Crippen LogP contribution in [0.5, 0.6) is 5.75 Å². The lowest BCUT2D eigenvalue weighted by atomic mass is 10.1. The lowest BCUT2D eigenvalue weighted by Gasteiger charge is -2.02. The molecule has 2 heteroatoms. The molecule has 4 aromatic rings. The first-order valence-electron chi connectivity index (χ1n) is 9.96. The van der Waals surface area contributed by atoms with Crippen LogP contribution in [0.25, 0.3) is 10.8 Å². The van der Waals surface area contributed by atoms with Crippen LogP contribution in [0.2, 0.25) is 0 Å². The number of rotatable bonds is 3. The Morgan fingerprint density at radius 3 is 1.97 bits per heavy atom. The molecule has 0 spiro atoms. The van der Waals surface area contributed by atoms with Crippen LogP contribution < -0.4 is 4.74 Å². The average molecular weight is 461 g/mol. The number of halogens is 1. The molecule has 0 saturated heterocycles. The first kappa shape index (κ1) is 23.4. The molecule has 0 bridgehead atoms. The van der Waals surface area contributed by atoms with Gasteiger partial charge in [0.05, 0.1) is 0 Å². The summed E-state index contributed by atoms with van der Waals surface area (Å²) in [7, 11) is 0. The second-order valence-corrected chi connectivity index (χ2v) is 7.98. The molecule has 0 aromatic heterocycles. The van der Waals surface area contributed by atoms with E-state index in [0.29, 0.717) is 6.61 Å². The Labute approximate surface area is 189 Å². The molecule has 0 atom stereocenters. The van der Waals surface area contributed by atoms with Gasteiger partial charge in [0.15, 0.2) is 0 Å². The topological polar surface area (TPSA) is 9.23 Å². The molecule has 0 N–H and O–H groups in total. The summed E-state index contributed by atoms with van der Waals surface area (Å²) in [5, 5.41) is 2.64. The Kier molecular flexibility index (Phi) is 9.90. The second kappa shape index (κ2) is 12.7. The van der Waals surface area contributed by atoms with Gasteiger partial charge in [0.25, 0.3) is 0 Å². The second-order valence-electron chi connectivity index (χ2n) is 7.06. The molecule has 4 rings (SSSR count). The summed E-state index contributed by atoms with van der Waals surface area (Å²) in [6.07, 6.45) is 1.74. The van der Waals surface area contributed by atoms with Gasteiger partial charge < -0.3 is 4.74 Å². The van der Waals surface area contributed by atoms with Gasteiger partial charge in [-0.2, -0.15) is 0 Å². The van der Waals surface area contributed by atoms with Gasteiger partial charge in [-0.25, -0.2) is 0 Å². The van der Waals surface area contributed by atoms with Gasteiger partial charge in [-0.15, -0.1) is 0 Å². The molecule has 0 radical (unpaired) electrons. The molecule has 154 valence electrons. The lowest BCUT2D eigenvalue weighted by Crippen LogP contribution is -1.92. The van der Waals surface area contributed by atoms with Crippen molar-refractivity contribution in [2.45, 2.75) is 20.8 Å². The summed E-state index contributed by atoms with van der Waals surface area (Å²) in [6, 6.07) is 31.1. The van der Waals surface area contributed by atoms with Gasteiger partial charge in [0, 0.05) is 4.47 Å². The van der Waals surface area contributed by atoms with E-state index >= 15 is 0 Å². The van der Waals surface area contributed by atoms with Gasteiger partial charge in [0.1, 0.15) is 12.4 Å². The van der Waals surface area contributed by atoms with Crippen LogP contribution in [0.15, 0.2) is 108 Å². The third-order valence-corrected chi connectivity index (χ3v) is 4.80. The van der Waals surface area contributed by atoms with Crippen LogP contribution in [-0.2, 0) is 0 Å². The van der Waals surface area contributed by atoms with Gasteiger partial charge in [0.2, 0.25) is 0 Å². The van der Waals surface area contributed by atoms with Gasteiger partial charge in [-0.1, -0.05) is 106 Å². The smallest absolute Gasteiger partial charge is 0.120 e. The summed E-state index contributed by atoms with van der Waals surface area (Å²) < 4.78 is 6.46. The van der Waals surface area contributed by atoms with Crippen molar-refractivity contribution in [3.05, 3.63) is 125 Å². The van der Waals surface area contributed by atoms with Crippen molar-refractivity contribution in [2.24, 2.45) is 0 Å². The normalized spacial score (nSPS) is 9.60. The van der Waals surface area contributed by atoms with Gasteiger partial charge >= 0.3 is 0 Å². The average Bonchev–Trinajstić information content (AvgIpc) is 2.75. The van der Waals surface area contributed by atoms with E-state index in [-0.39, 0.29) is 0 Å². The minimum atomic E-state index is 0.573. The molecule has 0 aliphatic heterocycles. The highest BCUT2D eigenvalue weighted by Crippen LogP contribution is 2.14. The zero-order valence-electron chi connectivity index (χ0n) is 17.9. The number of hydrogen-bond donors (Lipinski definition) is 0. The quantitative estimate of drug-likeness (QED) is 0.278. The van der Waals surface area contributed by atoms with Crippen LogP contribution in [-0.4, -0.2) is 6.61 Å². The Morgan fingerprint density at radius 2 is 1.33 bits per heavy atom. The molecule has 0 saturated carbocycles. The third kappa shape index (κ3) is 8.67. The maximum Gasteiger partial charge on any atom is 0.120 e. The van der Waals surface area contributed by atoms with Crippen LogP contribution in [0, 0.1) is 20.8 Å². The van der Waals surface area contributed by atoms with Crippen LogP contribution in [0.3, 0.4) is 0 Å². The maximum absolute atomic E-state index is 5.32. The van der Waals surface area contributed by atoms with Crippen LogP contribution in [0.1, 0.15) is 16.7 Å². The summed E-state index contributed by atoms with van der Waals surface area (Å²) in [5.74, 6) is 0.907. The fourth-order valence-corrected chi connectivity index (χ4v) is 2.97. The summed E-state index contributed by atoms with van der Waals surface area (Å²) in [5.41, 5.74) is 3.84. The fraction of sp³-hybridized carbons (Fsp3) is 0.143. The highest BCUT2D eigenvalue weighted by Gasteiger charge is 1.90. The maximum atomic E-state index is 5.32. The summed E-state index contributed by atoms with van der Waals surface area (Å²) >= 11 is 3.35. The number of hydrogen-bond acceptors (Lipinski definition) is 1. The molecule has 1 nitrogen and oxygen atoms in total. The Morgan fingerprint density at radius 1 is 0.700 bits per heavy atom. The van der Waals surface area contributed by atoms with E-state index in [4.69, 9.17) is 4.74 Å². The Balaban J connectivity index is 0.000000163. The lowest BCUT2D eigenvalue weighted by molar-refractivity contribution is 0.363. The largest absolute Gasteiger partial charge is 0.490 e. The Hall–Kier alpha value is -2.84. The van der Waals surface area contributed by atoms with Crippen molar-refractivity contribution in [1.29, 1.82) is 0 Å². The monoisotopic (exact) mass is 460 g/mol. The van der Waals surface area contributed by atoms with Crippen LogP contribution in [0.4, 0.5) is 0 Å². The van der Waals surface area contributed by atoms with E-state index in [9.17, 15) is 0 Å². The van der Waals surface area contributed by atoms with E-state index < -0.39 is 0 Å².